The Morgan fingerprint density at radius 2 is 2.11 bits per heavy atom. The van der Waals surface area contributed by atoms with E-state index in [1.807, 2.05) is 43.3 Å². The highest BCUT2D eigenvalue weighted by Gasteiger charge is 2.03. The Kier molecular flexibility index (Phi) is 2.94. The summed E-state index contributed by atoms with van der Waals surface area (Å²) in [6.45, 7) is 1.87. The van der Waals surface area contributed by atoms with Crippen LogP contribution in [0.15, 0.2) is 58.4 Å². The molecule has 3 rings (SSSR count). The van der Waals surface area contributed by atoms with E-state index in [1.54, 1.807) is 12.5 Å². The van der Waals surface area contributed by atoms with E-state index in [2.05, 4.69) is 20.7 Å². The Morgan fingerprint density at radius 3 is 2.95 bits per heavy atom. The molecule has 0 amide bonds. The van der Waals surface area contributed by atoms with Crippen molar-refractivity contribution in [3.05, 3.63) is 54.6 Å². The predicted octanol–water partition coefficient (Wildman–Crippen LogP) is 3.06. The van der Waals surface area contributed by atoms with Gasteiger partial charge in [0, 0.05) is 10.8 Å². The summed E-state index contributed by atoms with van der Waals surface area (Å²) in [6, 6.07) is 11.6. The lowest BCUT2D eigenvalue weighted by atomic mass is 10.2. The molecule has 0 aliphatic rings. The minimum absolute atomic E-state index is 0.629. The first kappa shape index (κ1) is 11.4. The average molecular weight is 252 g/mol. The van der Waals surface area contributed by atoms with Gasteiger partial charge in [0.25, 0.3) is 0 Å². The second kappa shape index (κ2) is 4.89. The van der Waals surface area contributed by atoms with Gasteiger partial charge in [-0.25, -0.2) is 0 Å². The molecule has 0 saturated carbocycles. The minimum Gasteiger partial charge on any atom is -0.463 e. The number of furan rings is 1. The summed E-state index contributed by atoms with van der Waals surface area (Å²) < 4.78 is 5.26. The zero-order valence-electron chi connectivity index (χ0n) is 10.4. The van der Waals surface area contributed by atoms with Crippen molar-refractivity contribution >= 4 is 22.3 Å². The number of nitrogens with zero attached hydrogens (tertiary/aromatic N) is 3. The van der Waals surface area contributed by atoms with Crippen LogP contribution in [0.25, 0.3) is 10.8 Å². The maximum absolute atomic E-state index is 5.26. The van der Waals surface area contributed by atoms with Crippen LogP contribution in [0.5, 0.6) is 0 Å². The first-order valence-electron chi connectivity index (χ1n) is 5.89. The normalized spacial score (nSPS) is 11.7. The van der Waals surface area contributed by atoms with Gasteiger partial charge in [-0.2, -0.15) is 10.2 Å². The molecule has 0 unspecified atom stereocenters. The monoisotopic (exact) mass is 252 g/mol. The lowest BCUT2D eigenvalue weighted by Gasteiger charge is -2.03. The first-order valence-corrected chi connectivity index (χ1v) is 5.89. The van der Waals surface area contributed by atoms with Gasteiger partial charge in [0.15, 0.2) is 5.82 Å². The SMILES string of the molecule is CC(=NNc1nncc2ccccc12)c1ccco1. The third kappa shape index (κ3) is 2.30. The number of hydrazone groups is 1. The van der Waals surface area contributed by atoms with E-state index >= 15 is 0 Å². The topological polar surface area (TPSA) is 63.3 Å². The Balaban J connectivity index is 1.92. The Bertz CT molecular complexity index is 714. The van der Waals surface area contributed by atoms with Crippen molar-refractivity contribution in [1.29, 1.82) is 0 Å². The quantitative estimate of drug-likeness (QED) is 0.574. The fourth-order valence-corrected chi connectivity index (χ4v) is 1.79. The van der Waals surface area contributed by atoms with Crippen LogP contribution in [-0.2, 0) is 0 Å². The van der Waals surface area contributed by atoms with Crippen LogP contribution >= 0.6 is 0 Å². The molecular formula is C14H12N4O. The maximum atomic E-state index is 5.26. The van der Waals surface area contributed by atoms with Crippen LogP contribution in [0.4, 0.5) is 5.82 Å². The molecule has 0 spiro atoms. The highest BCUT2D eigenvalue weighted by molar-refractivity contribution is 5.97. The smallest absolute Gasteiger partial charge is 0.176 e. The van der Waals surface area contributed by atoms with E-state index in [9.17, 15) is 0 Å². The zero-order chi connectivity index (χ0) is 13.1. The molecule has 94 valence electrons. The number of anilines is 1. The molecule has 0 fully saturated rings. The summed E-state index contributed by atoms with van der Waals surface area (Å²) >= 11 is 0. The van der Waals surface area contributed by atoms with Crippen LogP contribution in [0, 0.1) is 0 Å². The van der Waals surface area contributed by atoms with Crippen LogP contribution in [-0.4, -0.2) is 15.9 Å². The van der Waals surface area contributed by atoms with Gasteiger partial charge >= 0.3 is 0 Å². The fraction of sp³-hybridized carbons (Fsp3) is 0.0714. The van der Waals surface area contributed by atoms with Crippen molar-refractivity contribution in [2.24, 2.45) is 5.10 Å². The molecule has 2 heterocycles. The Morgan fingerprint density at radius 1 is 1.21 bits per heavy atom. The molecular weight excluding hydrogens is 240 g/mol. The van der Waals surface area contributed by atoms with Crippen molar-refractivity contribution in [2.75, 3.05) is 5.43 Å². The van der Waals surface area contributed by atoms with Crippen molar-refractivity contribution in [3.63, 3.8) is 0 Å². The van der Waals surface area contributed by atoms with E-state index in [0.29, 0.717) is 5.82 Å². The number of aromatic nitrogens is 2. The molecule has 0 bridgehead atoms. The zero-order valence-corrected chi connectivity index (χ0v) is 10.4. The van der Waals surface area contributed by atoms with E-state index < -0.39 is 0 Å². The number of hydrogen-bond acceptors (Lipinski definition) is 5. The summed E-state index contributed by atoms with van der Waals surface area (Å²) in [4.78, 5) is 0. The van der Waals surface area contributed by atoms with Gasteiger partial charge in [0.1, 0.15) is 11.5 Å². The summed E-state index contributed by atoms with van der Waals surface area (Å²) in [6.07, 6.45) is 3.34. The second-order valence-corrected chi connectivity index (χ2v) is 4.07. The lowest BCUT2D eigenvalue weighted by molar-refractivity contribution is 0.557. The largest absolute Gasteiger partial charge is 0.463 e. The van der Waals surface area contributed by atoms with Gasteiger partial charge in [-0.05, 0) is 19.1 Å². The van der Waals surface area contributed by atoms with Crippen LogP contribution < -0.4 is 5.43 Å². The van der Waals surface area contributed by atoms with Crippen molar-refractivity contribution < 1.29 is 4.42 Å². The molecule has 3 aromatic rings. The standard InChI is InChI=1S/C14H12N4O/c1-10(13-7-4-8-19-13)16-18-14-12-6-3-2-5-11(12)9-15-17-14/h2-9H,1H3,(H,17,18). The van der Waals surface area contributed by atoms with Gasteiger partial charge in [0.2, 0.25) is 0 Å². The average Bonchev–Trinajstić information content (AvgIpc) is 2.99. The molecule has 0 aliphatic heterocycles. The van der Waals surface area contributed by atoms with E-state index in [-0.39, 0.29) is 0 Å². The molecule has 2 aromatic heterocycles. The predicted molar refractivity (Wildman–Crippen MR) is 74.1 cm³/mol. The number of hydrogen-bond donors (Lipinski definition) is 1. The lowest BCUT2D eigenvalue weighted by Crippen LogP contribution is -2.01. The molecule has 0 atom stereocenters. The summed E-state index contributed by atoms with van der Waals surface area (Å²) in [5.74, 6) is 1.35. The Hall–Kier alpha value is -2.69. The van der Waals surface area contributed by atoms with Gasteiger partial charge in [0.05, 0.1) is 12.5 Å². The van der Waals surface area contributed by atoms with Gasteiger partial charge in [-0.1, -0.05) is 24.3 Å². The number of fused-ring (bicyclic) bond motifs is 1. The fourth-order valence-electron chi connectivity index (χ4n) is 1.79. The molecule has 0 radical (unpaired) electrons. The molecule has 5 heteroatoms. The van der Waals surface area contributed by atoms with Crippen molar-refractivity contribution in [1.82, 2.24) is 10.2 Å². The van der Waals surface area contributed by atoms with Crippen LogP contribution in [0.2, 0.25) is 0 Å². The van der Waals surface area contributed by atoms with E-state index in [1.165, 1.54) is 0 Å². The van der Waals surface area contributed by atoms with Crippen molar-refractivity contribution in [3.8, 4) is 0 Å². The Labute approximate surface area is 110 Å². The van der Waals surface area contributed by atoms with Gasteiger partial charge in [-0.3, -0.25) is 5.43 Å². The highest BCUT2D eigenvalue weighted by atomic mass is 16.3. The molecule has 19 heavy (non-hydrogen) atoms. The first-order chi connectivity index (χ1) is 9.34. The molecule has 5 nitrogen and oxygen atoms in total. The third-order valence-corrected chi connectivity index (χ3v) is 2.78. The number of nitrogens with one attached hydrogen (secondary N) is 1. The molecule has 1 aromatic carbocycles. The summed E-state index contributed by atoms with van der Waals surface area (Å²) in [5.41, 5.74) is 3.68. The number of rotatable bonds is 3. The number of benzene rings is 1. The third-order valence-electron chi connectivity index (χ3n) is 2.78. The molecule has 0 aliphatic carbocycles. The van der Waals surface area contributed by atoms with Crippen LogP contribution in [0.3, 0.4) is 0 Å². The second-order valence-electron chi connectivity index (χ2n) is 4.07. The van der Waals surface area contributed by atoms with E-state index in [4.69, 9.17) is 4.42 Å². The minimum atomic E-state index is 0.629. The maximum Gasteiger partial charge on any atom is 0.176 e. The molecule has 0 saturated heterocycles. The van der Waals surface area contributed by atoms with Gasteiger partial charge in [-0.15, -0.1) is 5.10 Å². The highest BCUT2D eigenvalue weighted by Crippen LogP contribution is 2.19. The molecule has 1 N–H and O–H groups in total. The van der Waals surface area contributed by atoms with Crippen molar-refractivity contribution in [2.45, 2.75) is 6.92 Å². The van der Waals surface area contributed by atoms with Crippen LogP contribution in [0.1, 0.15) is 12.7 Å². The summed E-state index contributed by atoms with van der Waals surface area (Å²) in [7, 11) is 0. The van der Waals surface area contributed by atoms with Gasteiger partial charge < -0.3 is 4.42 Å². The van der Waals surface area contributed by atoms with E-state index in [0.717, 1.165) is 22.2 Å². The summed E-state index contributed by atoms with van der Waals surface area (Å²) in [5, 5.41) is 14.3.